The molecule has 3 rings (SSSR count). The number of amides is 1. The van der Waals surface area contributed by atoms with Crippen LogP contribution >= 0.6 is 0 Å². The van der Waals surface area contributed by atoms with E-state index in [1.165, 1.54) is 0 Å². The highest BCUT2D eigenvalue weighted by molar-refractivity contribution is 5.83. The lowest BCUT2D eigenvalue weighted by Crippen LogP contribution is -2.42. The highest BCUT2D eigenvalue weighted by Gasteiger charge is 2.39. The number of benzene rings is 1. The van der Waals surface area contributed by atoms with E-state index in [1.54, 1.807) is 0 Å². The summed E-state index contributed by atoms with van der Waals surface area (Å²) in [4.78, 5) is 12.6. The van der Waals surface area contributed by atoms with Crippen LogP contribution in [0.5, 0.6) is 11.5 Å². The van der Waals surface area contributed by atoms with Crippen molar-refractivity contribution in [2.75, 3.05) is 19.9 Å². The SMILES string of the molecule is CCCC1(C(=O)NCc2ccc3c(c2)OCO3)CCNC1. The zero-order valence-corrected chi connectivity index (χ0v) is 12.4. The Hall–Kier alpha value is -1.75. The molecule has 1 aromatic rings. The molecule has 1 fully saturated rings. The molecular weight excluding hydrogens is 268 g/mol. The van der Waals surface area contributed by atoms with Gasteiger partial charge in [0.25, 0.3) is 0 Å². The van der Waals surface area contributed by atoms with Gasteiger partial charge in [-0.1, -0.05) is 19.4 Å². The van der Waals surface area contributed by atoms with E-state index in [-0.39, 0.29) is 18.1 Å². The minimum Gasteiger partial charge on any atom is -0.454 e. The average Bonchev–Trinajstić information content (AvgIpc) is 3.14. The highest BCUT2D eigenvalue weighted by atomic mass is 16.7. The second kappa shape index (κ2) is 5.93. The number of ether oxygens (including phenoxy) is 2. The van der Waals surface area contributed by atoms with Crippen molar-refractivity contribution in [1.29, 1.82) is 0 Å². The molecule has 0 spiro atoms. The molecule has 1 unspecified atom stereocenters. The molecule has 2 heterocycles. The van der Waals surface area contributed by atoms with Crippen LogP contribution in [0.1, 0.15) is 31.7 Å². The summed E-state index contributed by atoms with van der Waals surface area (Å²) >= 11 is 0. The Kier molecular flexibility index (Phi) is 4.01. The molecule has 2 N–H and O–H groups in total. The summed E-state index contributed by atoms with van der Waals surface area (Å²) < 4.78 is 10.6. The van der Waals surface area contributed by atoms with Gasteiger partial charge in [0.1, 0.15) is 0 Å². The van der Waals surface area contributed by atoms with E-state index >= 15 is 0 Å². The van der Waals surface area contributed by atoms with Gasteiger partial charge in [0, 0.05) is 13.1 Å². The van der Waals surface area contributed by atoms with Crippen LogP contribution in [0.2, 0.25) is 0 Å². The van der Waals surface area contributed by atoms with Crippen LogP contribution in [0.3, 0.4) is 0 Å². The minimum absolute atomic E-state index is 0.159. The number of carbonyl (C=O) groups excluding carboxylic acids is 1. The van der Waals surface area contributed by atoms with Crippen LogP contribution in [0.4, 0.5) is 0 Å². The van der Waals surface area contributed by atoms with E-state index < -0.39 is 0 Å². The van der Waals surface area contributed by atoms with Gasteiger partial charge in [0.2, 0.25) is 12.7 Å². The molecule has 5 heteroatoms. The fourth-order valence-corrected chi connectivity index (χ4v) is 3.16. The van der Waals surface area contributed by atoms with E-state index in [0.29, 0.717) is 6.54 Å². The van der Waals surface area contributed by atoms with Crippen molar-refractivity contribution in [3.63, 3.8) is 0 Å². The fraction of sp³-hybridized carbons (Fsp3) is 0.562. The molecule has 0 bridgehead atoms. The standard InChI is InChI=1S/C16H22N2O3/c1-2-5-16(6-7-17-10-16)15(19)18-9-12-3-4-13-14(8-12)21-11-20-13/h3-4,8,17H,2,5-7,9-11H2,1H3,(H,18,19). The van der Waals surface area contributed by atoms with E-state index in [4.69, 9.17) is 9.47 Å². The predicted octanol–water partition coefficient (Wildman–Crippen LogP) is 1.81. The van der Waals surface area contributed by atoms with E-state index in [2.05, 4.69) is 17.6 Å². The summed E-state index contributed by atoms with van der Waals surface area (Å²) in [5.74, 6) is 1.69. The van der Waals surface area contributed by atoms with Crippen LogP contribution in [-0.4, -0.2) is 25.8 Å². The molecule has 1 aromatic carbocycles. The lowest BCUT2D eigenvalue weighted by molar-refractivity contribution is -0.130. The lowest BCUT2D eigenvalue weighted by atomic mass is 9.81. The van der Waals surface area contributed by atoms with Crippen molar-refractivity contribution in [3.8, 4) is 11.5 Å². The number of rotatable bonds is 5. The van der Waals surface area contributed by atoms with Gasteiger partial charge in [-0.15, -0.1) is 0 Å². The largest absolute Gasteiger partial charge is 0.454 e. The number of nitrogens with one attached hydrogen (secondary N) is 2. The summed E-state index contributed by atoms with van der Waals surface area (Å²) in [5.41, 5.74) is 0.802. The van der Waals surface area contributed by atoms with Crippen molar-refractivity contribution in [2.45, 2.75) is 32.7 Å². The van der Waals surface area contributed by atoms with Gasteiger partial charge in [-0.25, -0.2) is 0 Å². The van der Waals surface area contributed by atoms with Crippen LogP contribution in [0, 0.1) is 5.41 Å². The Morgan fingerprint density at radius 3 is 3.00 bits per heavy atom. The first kappa shape index (κ1) is 14.2. The van der Waals surface area contributed by atoms with E-state index in [9.17, 15) is 4.79 Å². The van der Waals surface area contributed by atoms with Gasteiger partial charge in [0.05, 0.1) is 5.41 Å². The normalized spacial score (nSPS) is 23.3. The minimum atomic E-state index is -0.231. The Labute approximate surface area is 125 Å². The van der Waals surface area contributed by atoms with Gasteiger partial charge >= 0.3 is 0 Å². The first-order valence-corrected chi connectivity index (χ1v) is 7.61. The van der Waals surface area contributed by atoms with Crippen molar-refractivity contribution in [1.82, 2.24) is 10.6 Å². The van der Waals surface area contributed by atoms with Crippen LogP contribution in [0.25, 0.3) is 0 Å². The second-order valence-electron chi connectivity index (χ2n) is 5.83. The van der Waals surface area contributed by atoms with Gasteiger partial charge in [0.15, 0.2) is 11.5 Å². The number of carbonyl (C=O) groups is 1. The van der Waals surface area contributed by atoms with Crippen LogP contribution < -0.4 is 20.1 Å². The topological polar surface area (TPSA) is 59.6 Å². The molecule has 1 saturated heterocycles. The zero-order valence-electron chi connectivity index (χ0n) is 12.4. The first-order valence-electron chi connectivity index (χ1n) is 7.61. The number of hydrogen-bond acceptors (Lipinski definition) is 4. The summed E-state index contributed by atoms with van der Waals surface area (Å²) in [6.45, 7) is 4.65. The Bertz CT molecular complexity index is 524. The Morgan fingerprint density at radius 1 is 1.38 bits per heavy atom. The zero-order chi connectivity index (χ0) is 14.7. The smallest absolute Gasteiger partial charge is 0.231 e. The fourth-order valence-electron chi connectivity index (χ4n) is 3.16. The van der Waals surface area contributed by atoms with Crippen LogP contribution in [-0.2, 0) is 11.3 Å². The summed E-state index contributed by atoms with van der Waals surface area (Å²) in [6.07, 6.45) is 2.89. The molecule has 5 nitrogen and oxygen atoms in total. The summed E-state index contributed by atoms with van der Waals surface area (Å²) in [7, 11) is 0. The maximum atomic E-state index is 12.6. The Morgan fingerprint density at radius 2 is 2.24 bits per heavy atom. The molecule has 1 amide bonds. The van der Waals surface area contributed by atoms with Crippen molar-refractivity contribution >= 4 is 5.91 Å². The maximum absolute atomic E-state index is 12.6. The third-order valence-corrected chi connectivity index (χ3v) is 4.34. The lowest BCUT2D eigenvalue weighted by Gasteiger charge is -2.26. The third kappa shape index (κ3) is 2.83. The number of hydrogen-bond donors (Lipinski definition) is 2. The Balaban J connectivity index is 1.62. The third-order valence-electron chi connectivity index (χ3n) is 4.34. The first-order chi connectivity index (χ1) is 10.2. The van der Waals surface area contributed by atoms with Gasteiger partial charge in [-0.3, -0.25) is 4.79 Å². The molecule has 0 aliphatic carbocycles. The second-order valence-corrected chi connectivity index (χ2v) is 5.83. The van der Waals surface area contributed by atoms with Crippen molar-refractivity contribution in [2.24, 2.45) is 5.41 Å². The van der Waals surface area contributed by atoms with Crippen molar-refractivity contribution < 1.29 is 14.3 Å². The molecule has 114 valence electrons. The molecule has 2 aliphatic rings. The van der Waals surface area contributed by atoms with Gasteiger partial charge in [-0.2, -0.15) is 0 Å². The summed E-state index contributed by atoms with van der Waals surface area (Å²) in [6, 6.07) is 5.79. The molecule has 1 atom stereocenters. The highest BCUT2D eigenvalue weighted by Crippen LogP contribution is 2.33. The monoisotopic (exact) mass is 290 g/mol. The van der Waals surface area contributed by atoms with Crippen LogP contribution in [0.15, 0.2) is 18.2 Å². The van der Waals surface area contributed by atoms with Crippen molar-refractivity contribution in [3.05, 3.63) is 23.8 Å². The van der Waals surface area contributed by atoms with Gasteiger partial charge < -0.3 is 20.1 Å². The summed E-state index contributed by atoms with van der Waals surface area (Å²) in [5, 5.41) is 6.40. The predicted molar refractivity (Wildman–Crippen MR) is 79.2 cm³/mol. The molecule has 0 saturated carbocycles. The molecule has 2 aliphatic heterocycles. The average molecular weight is 290 g/mol. The molecular formula is C16H22N2O3. The van der Waals surface area contributed by atoms with E-state index in [1.807, 2.05) is 18.2 Å². The number of fused-ring (bicyclic) bond motifs is 1. The van der Waals surface area contributed by atoms with Gasteiger partial charge in [-0.05, 0) is 37.1 Å². The van der Waals surface area contributed by atoms with E-state index in [0.717, 1.165) is 49.4 Å². The quantitative estimate of drug-likeness (QED) is 0.868. The molecule has 0 aromatic heterocycles. The molecule has 0 radical (unpaired) electrons. The maximum Gasteiger partial charge on any atom is 0.231 e. The molecule has 21 heavy (non-hydrogen) atoms.